The number of hydrogen-bond acceptors (Lipinski definition) is 9. The topological polar surface area (TPSA) is 170 Å². The van der Waals surface area contributed by atoms with Crippen LogP contribution in [0, 0.1) is 0 Å². The van der Waals surface area contributed by atoms with Crippen molar-refractivity contribution in [2.45, 2.75) is 18.3 Å². The highest BCUT2D eigenvalue weighted by molar-refractivity contribution is 7.43. The molecule has 0 aliphatic carbocycles. The van der Waals surface area contributed by atoms with E-state index in [0.29, 0.717) is 0 Å². The van der Waals surface area contributed by atoms with Gasteiger partial charge in [-0.05, 0) is 0 Å². The van der Waals surface area contributed by atoms with Gasteiger partial charge in [0.15, 0.2) is 5.78 Å². The summed E-state index contributed by atoms with van der Waals surface area (Å²) in [7, 11) is -5.31. The molecule has 0 radical (unpaired) electrons. The molecule has 10 heteroatoms. The number of aliphatic hydroxyl groups is 4. The number of aliphatic hydroxyl groups excluding tert-OH is 4. The molecule has 0 spiro atoms. The minimum absolute atomic E-state index is 0.967. The summed E-state index contributed by atoms with van der Waals surface area (Å²) in [6, 6.07) is 0. The Morgan fingerprint density at radius 2 is 1.81 bits per heavy atom. The molecule has 16 heavy (non-hydrogen) atoms. The van der Waals surface area contributed by atoms with Gasteiger partial charge in [0.05, 0.1) is 21.0 Å². The summed E-state index contributed by atoms with van der Waals surface area (Å²) in [5.74, 6) is -1.31. The second-order valence-electron chi connectivity index (χ2n) is 2.86. The highest BCUT2D eigenvalue weighted by atomic mass is 31.2. The Morgan fingerprint density at radius 3 is 2.19 bits per heavy atom. The molecule has 9 nitrogen and oxygen atoms in total. The minimum Gasteiger partial charge on any atom is -0.790 e. The molecule has 0 aromatic carbocycles. The van der Waals surface area contributed by atoms with Crippen LogP contribution in [0.15, 0.2) is 0 Å². The molecule has 0 heterocycles. The molecule has 4 N–H and O–H groups in total. The molecule has 0 amide bonds. The highest BCUT2D eigenvalue weighted by Crippen LogP contribution is 2.24. The Kier molecular flexibility index (Phi) is 6.23. The quantitative estimate of drug-likeness (QED) is 0.328. The van der Waals surface area contributed by atoms with Crippen molar-refractivity contribution in [1.29, 1.82) is 0 Å². The van der Waals surface area contributed by atoms with Crippen LogP contribution in [-0.2, 0) is 13.9 Å². The molecule has 0 bridgehead atoms. The van der Waals surface area contributed by atoms with Gasteiger partial charge in [-0.25, -0.2) is 0 Å². The van der Waals surface area contributed by atoms with Crippen LogP contribution < -0.4 is 9.79 Å². The van der Waals surface area contributed by atoms with Crippen molar-refractivity contribution in [2.24, 2.45) is 0 Å². The number of hydrogen-bond donors (Lipinski definition) is 4. The molecule has 0 rings (SSSR count). The van der Waals surface area contributed by atoms with Gasteiger partial charge in [-0.1, -0.05) is 0 Å². The van der Waals surface area contributed by atoms with Crippen LogP contribution in [0.5, 0.6) is 0 Å². The predicted octanol–water partition coefficient (Wildman–Crippen LogP) is -4.52. The van der Waals surface area contributed by atoms with Gasteiger partial charge >= 0.3 is 0 Å². The average molecular weight is 258 g/mol. The fourth-order valence-corrected chi connectivity index (χ4v) is 1.07. The molecule has 0 aromatic rings. The lowest BCUT2D eigenvalue weighted by Gasteiger charge is -2.30. The Hall–Kier alpha value is -0.380. The average Bonchev–Trinajstić information content (AvgIpc) is 2.21. The van der Waals surface area contributed by atoms with E-state index in [1.54, 1.807) is 0 Å². The zero-order valence-electron chi connectivity index (χ0n) is 7.92. The Balaban J connectivity index is 4.23. The summed E-state index contributed by atoms with van der Waals surface area (Å²) in [5.41, 5.74) is 0. The Morgan fingerprint density at radius 1 is 1.31 bits per heavy atom. The summed E-state index contributed by atoms with van der Waals surface area (Å²) in [6.07, 6.45) is -6.06. The van der Waals surface area contributed by atoms with Crippen molar-refractivity contribution >= 4 is 13.6 Å². The van der Waals surface area contributed by atoms with Crippen LogP contribution in [0.4, 0.5) is 0 Å². The van der Waals surface area contributed by atoms with Crippen LogP contribution in [0.2, 0.25) is 0 Å². The second-order valence-corrected chi connectivity index (χ2v) is 4.01. The van der Waals surface area contributed by atoms with Crippen LogP contribution in [-0.4, -0.2) is 57.7 Å². The maximum Gasteiger partial charge on any atom is 0.194 e. The minimum atomic E-state index is -5.31. The van der Waals surface area contributed by atoms with E-state index < -0.39 is 45.1 Å². The molecule has 0 saturated heterocycles. The van der Waals surface area contributed by atoms with E-state index in [-0.39, 0.29) is 0 Å². The third kappa shape index (κ3) is 5.64. The number of rotatable bonds is 7. The second kappa shape index (κ2) is 6.38. The number of carbonyl (C=O) groups is 1. The van der Waals surface area contributed by atoms with E-state index in [0.717, 1.165) is 0 Å². The third-order valence-electron chi connectivity index (χ3n) is 1.56. The monoisotopic (exact) mass is 258 g/mol. The van der Waals surface area contributed by atoms with Crippen LogP contribution in [0.3, 0.4) is 0 Å². The summed E-state index contributed by atoms with van der Waals surface area (Å²) >= 11 is 0. The summed E-state index contributed by atoms with van der Waals surface area (Å²) in [6.45, 7) is -2.08. The summed E-state index contributed by atoms with van der Waals surface area (Å²) in [4.78, 5) is 30.9. The zero-order chi connectivity index (χ0) is 12.9. The van der Waals surface area contributed by atoms with Crippen molar-refractivity contribution < 1.29 is 44.1 Å². The van der Waals surface area contributed by atoms with E-state index in [4.69, 9.17) is 20.4 Å². The van der Waals surface area contributed by atoms with Crippen molar-refractivity contribution in [3.63, 3.8) is 0 Å². The van der Waals surface area contributed by atoms with E-state index in [2.05, 4.69) is 4.52 Å². The molecule has 3 atom stereocenters. The SMILES string of the molecule is O=C(C(O)CO)C(O)C(O)COP(=O)([O-])[O-]. The first-order chi connectivity index (χ1) is 7.19. The smallest absolute Gasteiger partial charge is 0.194 e. The lowest BCUT2D eigenvalue weighted by atomic mass is 10.1. The van der Waals surface area contributed by atoms with E-state index in [1.165, 1.54) is 0 Å². The summed E-state index contributed by atoms with van der Waals surface area (Å²) < 4.78 is 13.6. The van der Waals surface area contributed by atoms with Gasteiger partial charge in [0, 0.05) is 0 Å². The molecule has 0 fully saturated rings. The van der Waals surface area contributed by atoms with Crippen molar-refractivity contribution in [3.05, 3.63) is 0 Å². The van der Waals surface area contributed by atoms with Gasteiger partial charge in [0.1, 0.15) is 18.3 Å². The zero-order valence-corrected chi connectivity index (χ0v) is 8.82. The number of Topliss-reactive ketones (excluding diaryl/α,β-unsaturated/α-hetero) is 1. The predicted molar refractivity (Wildman–Crippen MR) is 43.7 cm³/mol. The van der Waals surface area contributed by atoms with Gasteiger partial charge in [-0.2, -0.15) is 0 Å². The fraction of sp³-hybridized carbons (Fsp3) is 0.833. The maximum absolute atomic E-state index is 10.9. The number of phosphoric acid groups is 1. The number of phosphoric ester groups is 1. The maximum atomic E-state index is 10.9. The van der Waals surface area contributed by atoms with Gasteiger partial charge in [-0.3, -0.25) is 4.79 Å². The molecular weight excluding hydrogens is 247 g/mol. The third-order valence-corrected chi connectivity index (χ3v) is 2.03. The normalized spacial score (nSPS) is 17.9. The van der Waals surface area contributed by atoms with Crippen molar-refractivity contribution in [1.82, 2.24) is 0 Å². The van der Waals surface area contributed by atoms with Crippen molar-refractivity contribution in [2.75, 3.05) is 13.2 Å². The Bertz CT molecular complexity index is 273. The van der Waals surface area contributed by atoms with Crippen molar-refractivity contribution in [3.8, 4) is 0 Å². The first kappa shape index (κ1) is 15.6. The van der Waals surface area contributed by atoms with E-state index in [1.807, 2.05) is 0 Å². The number of ketones is 1. The van der Waals surface area contributed by atoms with Crippen LogP contribution >= 0.6 is 7.82 Å². The van der Waals surface area contributed by atoms with Gasteiger partial charge in [0.2, 0.25) is 0 Å². The molecule has 0 aromatic heterocycles. The molecular formula is C6H11O9P-2. The molecule has 0 saturated carbocycles. The fourth-order valence-electron chi connectivity index (χ4n) is 0.736. The molecule has 96 valence electrons. The van der Waals surface area contributed by atoms with Crippen LogP contribution in [0.25, 0.3) is 0 Å². The lowest BCUT2D eigenvalue weighted by Crippen LogP contribution is -2.44. The lowest BCUT2D eigenvalue weighted by molar-refractivity contribution is -0.343. The number of carbonyl (C=O) groups excluding carboxylic acids is 1. The molecule has 0 aliphatic heterocycles. The summed E-state index contributed by atoms with van der Waals surface area (Å²) in [5, 5.41) is 35.2. The van der Waals surface area contributed by atoms with Crippen LogP contribution in [0.1, 0.15) is 0 Å². The Labute approximate surface area is 90.2 Å². The van der Waals surface area contributed by atoms with E-state index >= 15 is 0 Å². The first-order valence-electron chi connectivity index (χ1n) is 4.04. The largest absolute Gasteiger partial charge is 0.790 e. The van der Waals surface area contributed by atoms with Gasteiger partial charge in [0.25, 0.3) is 0 Å². The first-order valence-corrected chi connectivity index (χ1v) is 5.50. The molecule has 3 unspecified atom stereocenters. The van der Waals surface area contributed by atoms with E-state index in [9.17, 15) is 19.1 Å². The highest BCUT2D eigenvalue weighted by Gasteiger charge is 2.29. The van der Waals surface area contributed by atoms with Gasteiger partial charge < -0.3 is 39.3 Å². The molecule has 0 aliphatic rings. The standard InChI is InChI=1S/C6H13O9P/c7-1-3(8)5(10)6(11)4(9)2-15-16(12,13)14/h3-4,6-9,11H,1-2H2,(H2,12,13,14)/p-2. The van der Waals surface area contributed by atoms with Gasteiger partial charge in [-0.15, -0.1) is 0 Å².